The first-order chi connectivity index (χ1) is 29.3. The van der Waals surface area contributed by atoms with Crippen LogP contribution in [0.2, 0.25) is 0 Å². The molecule has 0 saturated heterocycles. The van der Waals surface area contributed by atoms with Crippen molar-refractivity contribution in [3.63, 3.8) is 0 Å². The maximum Gasteiger partial charge on any atom is 0.145 e. The lowest BCUT2D eigenvalue weighted by atomic mass is 9.84. The molecule has 0 fully saturated rings. The minimum absolute atomic E-state index is 0.935. The standard InChI is InChI=1S/C57H38N2/c1-4-14-39(15-5-1)41-24-28-44(29-25-41)55-49-20-10-11-21-50(49)56(45-30-26-42(27-31-45)40-16-6-2-7-17-40)52-38-47(34-37-51(52)55)43-32-35-48(36-33-43)59-54-23-13-12-22-53(54)58-57(59)46-18-8-3-9-19-46/h1-38H. The Morgan fingerprint density at radius 2 is 0.661 bits per heavy atom. The van der Waals surface area contributed by atoms with Gasteiger partial charge in [-0.15, -0.1) is 0 Å². The molecule has 10 aromatic carbocycles. The van der Waals surface area contributed by atoms with E-state index in [1.165, 1.54) is 71.6 Å². The summed E-state index contributed by atoms with van der Waals surface area (Å²) in [6.45, 7) is 0. The minimum atomic E-state index is 0.935. The van der Waals surface area contributed by atoms with Crippen molar-refractivity contribution in [2.75, 3.05) is 0 Å². The molecule has 59 heavy (non-hydrogen) atoms. The van der Waals surface area contributed by atoms with Gasteiger partial charge in [0.25, 0.3) is 0 Å². The molecule has 0 aliphatic carbocycles. The van der Waals surface area contributed by atoms with Crippen LogP contribution in [0.15, 0.2) is 231 Å². The van der Waals surface area contributed by atoms with E-state index in [0.717, 1.165) is 33.7 Å². The Labute approximate surface area is 344 Å². The van der Waals surface area contributed by atoms with Gasteiger partial charge in [0.05, 0.1) is 11.0 Å². The first-order valence-corrected chi connectivity index (χ1v) is 20.2. The van der Waals surface area contributed by atoms with Gasteiger partial charge in [-0.3, -0.25) is 4.57 Å². The van der Waals surface area contributed by atoms with Crippen LogP contribution >= 0.6 is 0 Å². The third-order valence-electron chi connectivity index (χ3n) is 11.6. The van der Waals surface area contributed by atoms with E-state index in [4.69, 9.17) is 4.98 Å². The molecule has 1 heterocycles. The van der Waals surface area contributed by atoms with E-state index in [2.05, 4.69) is 229 Å². The molecule has 2 nitrogen and oxygen atoms in total. The lowest BCUT2D eigenvalue weighted by Gasteiger charge is -2.19. The van der Waals surface area contributed by atoms with Gasteiger partial charge in [0, 0.05) is 11.3 Å². The smallest absolute Gasteiger partial charge is 0.145 e. The highest BCUT2D eigenvalue weighted by molar-refractivity contribution is 6.22. The van der Waals surface area contributed by atoms with Crippen molar-refractivity contribution in [1.29, 1.82) is 0 Å². The first kappa shape index (κ1) is 34.4. The van der Waals surface area contributed by atoms with Crippen LogP contribution in [0.3, 0.4) is 0 Å². The summed E-state index contributed by atoms with van der Waals surface area (Å²) in [6, 6.07) is 83.1. The number of para-hydroxylation sites is 2. The highest BCUT2D eigenvalue weighted by Gasteiger charge is 2.19. The molecule has 0 N–H and O–H groups in total. The monoisotopic (exact) mass is 750 g/mol. The van der Waals surface area contributed by atoms with Crippen molar-refractivity contribution in [3.05, 3.63) is 231 Å². The number of hydrogen-bond acceptors (Lipinski definition) is 1. The van der Waals surface area contributed by atoms with Gasteiger partial charge in [0.2, 0.25) is 0 Å². The van der Waals surface area contributed by atoms with Crippen molar-refractivity contribution in [2.24, 2.45) is 0 Å². The van der Waals surface area contributed by atoms with Crippen molar-refractivity contribution < 1.29 is 0 Å². The highest BCUT2D eigenvalue weighted by Crippen LogP contribution is 2.45. The second-order valence-electron chi connectivity index (χ2n) is 15.1. The topological polar surface area (TPSA) is 17.8 Å². The number of fused-ring (bicyclic) bond motifs is 3. The molecule has 0 amide bonds. The first-order valence-electron chi connectivity index (χ1n) is 20.2. The number of imidazole rings is 1. The molecule has 0 aliphatic rings. The normalized spacial score (nSPS) is 11.4. The molecule has 0 bridgehead atoms. The summed E-state index contributed by atoms with van der Waals surface area (Å²) < 4.78 is 2.27. The molecule has 0 radical (unpaired) electrons. The van der Waals surface area contributed by atoms with Gasteiger partial charge in [-0.2, -0.15) is 0 Å². The van der Waals surface area contributed by atoms with Gasteiger partial charge in [-0.05, 0) is 108 Å². The van der Waals surface area contributed by atoms with Crippen LogP contribution in [0.5, 0.6) is 0 Å². The number of aromatic nitrogens is 2. The third-order valence-corrected chi connectivity index (χ3v) is 11.6. The number of hydrogen-bond donors (Lipinski definition) is 0. The summed E-state index contributed by atoms with van der Waals surface area (Å²) in [6.07, 6.45) is 0. The molecular weight excluding hydrogens is 713 g/mol. The molecule has 1 aromatic heterocycles. The number of benzene rings is 10. The van der Waals surface area contributed by atoms with Crippen molar-refractivity contribution in [1.82, 2.24) is 9.55 Å². The molecule has 0 spiro atoms. The summed E-state index contributed by atoms with van der Waals surface area (Å²) >= 11 is 0. The van der Waals surface area contributed by atoms with Crippen molar-refractivity contribution >= 4 is 32.6 Å². The maximum atomic E-state index is 5.08. The maximum absolute atomic E-state index is 5.08. The fourth-order valence-corrected chi connectivity index (χ4v) is 8.77. The van der Waals surface area contributed by atoms with Crippen LogP contribution in [0.4, 0.5) is 0 Å². The average Bonchev–Trinajstić information content (AvgIpc) is 3.71. The third kappa shape index (κ3) is 6.19. The molecule has 0 aliphatic heterocycles. The summed E-state index contributed by atoms with van der Waals surface area (Å²) in [5.74, 6) is 0.935. The molecule has 0 atom stereocenters. The predicted octanol–water partition coefficient (Wildman–Crippen LogP) is 15.3. The summed E-state index contributed by atoms with van der Waals surface area (Å²) in [5, 5.41) is 4.94. The minimum Gasteiger partial charge on any atom is -0.292 e. The second-order valence-corrected chi connectivity index (χ2v) is 15.1. The SMILES string of the molecule is c1ccc(-c2ccc(-c3c4ccccc4c(-c4ccc(-c5ccccc5)cc4)c4cc(-c5ccc(-n6c(-c7ccccc7)nc7ccccc76)cc5)ccc34)cc2)cc1. The largest absolute Gasteiger partial charge is 0.292 e. The van der Waals surface area contributed by atoms with E-state index in [1.807, 2.05) is 6.07 Å². The van der Waals surface area contributed by atoms with Gasteiger partial charge in [-0.25, -0.2) is 4.98 Å². The quantitative estimate of drug-likeness (QED) is 0.148. The number of rotatable bonds is 7. The van der Waals surface area contributed by atoms with Crippen molar-refractivity contribution in [3.8, 4) is 72.7 Å². The Balaban J connectivity index is 1.08. The van der Waals surface area contributed by atoms with Crippen LogP contribution in [-0.2, 0) is 0 Å². The number of nitrogens with zero attached hydrogens (tertiary/aromatic N) is 2. The van der Waals surface area contributed by atoms with E-state index in [9.17, 15) is 0 Å². The van der Waals surface area contributed by atoms with Crippen LogP contribution in [0.1, 0.15) is 0 Å². The van der Waals surface area contributed by atoms with E-state index < -0.39 is 0 Å². The van der Waals surface area contributed by atoms with Crippen LogP contribution in [-0.4, -0.2) is 9.55 Å². The van der Waals surface area contributed by atoms with Crippen LogP contribution in [0, 0.1) is 0 Å². The Hall–Kier alpha value is -7.81. The molecule has 276 valence electrons. The lowest BCUT2D eigenvalue weighted by Crippen LogP contribution is -1.97. The summed E-state index contributed by atoms with van der Waals surface area (Å²) in [4.78, 5) is 5.08. The fourth-order valence-electron chi connectivity index (χ4n) is 8.77. The van der Waals surface area contributed by atoms with E-state index in [0.29, 0.717) is 0 Å². The highest BCUT2D eigenvalue weighted by atomic mass is 15.1. The Morgan fingerprint density at radius 3 is 1.24 bits per heavy atom. The van der Waals surface area contributed by atoms with Crippen LogP contribution < -0.4 is 0 Å². The second kappa shape index (κ2) is 14.6. The van der Waals surface area contributed by atoms with Crippen molar-refractivity contribution in [2.45, 2.75) is 0 Å². The molecule has 0 saturated carbocycles. The van der Waals surface area contributed by atoms with Crippen LogP contribution in [0.25, 0.3) is 105 Å². The van der Waals surface area contributed by atoms with Gasteiger partial charge >= 0.3 is 0 Å². The Kier molecular flexibility index (Phi) is 8.52. The summed E-state index contributed by atoms with van der Waals surface area (Å²) in [5.41, 5.74) is 16.3. The van der Waals surface area contributed by atoms with Gasteiger partial charge in [-0.1, -0.05) is 200 Å². The Bertz CT molecular complexity index is 3260. The van der Waals surface area contributed by atoms with Gasteiger partial charge < -0.3 is 0 Å². The fraction of sp³-hybridized carbons (Fsp3) is 0. The molecule has 11 aromatic rings. The average molecular weight is 751 g/mol. The summed E-state index contributed by atoms with van der Waals surface area (Å²) in [7, 11) is 0. The van der Waals surface area contributed by atoms with Gasteiger partial charge in [0.1, 0.15) is 5.82 Å². The molecule has 2 heteroatoms. The molecule has 0 unspecified atom stereocenters. The van der Waals surface area contributed by atoms with Gasteiger partial charge in [0.15, 0.2) is 0 Å². The molecule has 11 rings (SSSR count). The predicted molar refractivity (Wildman–Crippen MR) is 249 cm³/mol. The zero-order valence-electron chi connectivity index (χ0n) is 32.3. The van der Waals surface area contributed by atoms with E-state index in [-0.39, 0.29) is 0 Å². The molecular formula is C57H38N2. The van der Waals surface area contributed by atoms with E-state index >= 15 is 0 Å². The zero-order chi connectivity index (χ0) is 39.1. The zero-order valence-corrected chi connectivity index (χ0v) is 32.3. The lowest BCUT2D eigenvalue weighted by molar-refractivity contribution is 1.10. The van der Waals surface area contributed by atoms with E-state index in [1.54, 1.807) is 0 Å². The Morgan fingerprint density at radius 1 is 0.271 bits per heavy atom.